The molecule has 0 saturated heterocycles. The third kappa shape index (κ3) is 2.87. The van der Waals surface area contributed by atoms with Gasteiger partial charge in [0.1, 0.15) is 11.0 Å². The van der Waals surface area contributed by atoms with E-state index in [1.165, 1.54) is 7.11 Å². The van der Waals surface area contributed by atoms with Crippen molar-refractivity contribution in [2.75, 3.05) is 12.0 Å². The summed E-state index contributed by atoms with van der Waals surface area (Å²) < 4.78 is 10.8. The van der Waals surface area contributed by atoms with Gasteiger partial charge in [-0.1, -0.05) is 61.9 Å². The molecule has 0 fully saturated rings. The standard InChI is InChI=1S/C25H24N4O4/c1-3-9-17-19-22(28-27-17)33-21(26)20(23(30)32-2)25(19)16-12-7-8-13-18(16)29(24(25)31)14-15-10-5-4-6-11-15/h4-8,10-13H,3,9,14,26H2,1-2H3,(H,27,28)/t25-/m0/s1. The van der Waals surface area contributed by atoms with Crippen LogP contribution in [0.15, 0.2) is 66.1 Å². The number of carbonyl (C=O) groups excluding carboxylic acids is 2. The van der Waals surface area contributed by atoms with E-state index in [0.29, 0.717) is 29.8 Å². The fraction of sp³-hybridized carbons (Fsp3) is 0.240. The Morgan fingerprint density at radius 2 is 1.91 bits per heavy atom. The number of fused-ring (bicyclic) bond motifs is 4. The minimum atomic E-state index is -1.52. The van der Waals surface area contributed by atoms with Gasteiger partial charge >= 0.3 is 5.97 Å². The topological polar surface area (TPSA) is 111 Å². The van der Waals surface area contributed by atoms with Gasteiger partial charge in [0.15, 0.2) is 0 Å². The highest BCUT2D eigenvalue weighted by molar-refractivity contribution is 6.18. The first-order chi connectivity index (χ1) is 16.0. The highest BCUT2D eigenvalue weighted by atomic mass is 16.5. The Labute approximate surface area is 191 Å². The Morgan fingerprint density at radius 3 is 2.64 bits per heavy atom. The Balaban J connectivity index is 1.81. The summed E-state index contributed by atoms with van der Waals surface area (Å²) in [5.74, 6) is -0.993. The molecule has 1 spiro atoms. The molecule has 5 rings (SSSR count). The van der Waals surface area contributed by atoms with Gasteiger partial charge in [-0.05, 0) is 18.1 Å². The monoisotopic (exact) mass is 444 g/mol. The molecule has 0 saturated carbocycles. The van der Waals surface area contributed by atoms with E-state index in [-0.39, 0.29) is 23.2 Å². The number of aromatic amines is 1. The third-order valence-electron chi connectivity index (χ3n) is 6.25. The zero-order valence-electron chi connectivity index (χ0n) is 18.4. The van der Waals surface area contributed by atoms with Crippen molar-refractivity contribution in [2.45, 2.75) is 31.7 Å². The number of hydrogen-bond donors (Lipinski definition) is 2. The highest BCUT2D eigenvalue weighted by Gasteiger charge is 2.62. The van der Waals surface area contributed by atoms with Crippen molar-refractivity contribution in [3.63, 3.8) is 0 Å². The van der Waals surface area contributed by atoms with Crippen molar-refractivity contribution >= 4 is 17.6 Å². The number of nitrogens with one attached hydrogen (secondary N) is 1. The lowest BCUT2D eigenvalue weighted by Gasteiger charge is -2.34. The Hall–Kier alpha value is -4.07. The summed E-state index contributed by atoms with van der Waals surface area (Å²) >= 11 is 0. The van der Waals surface area contributed by atoms with Crippen molar-refractivity contribution in [3.05, 3.63) is 88.4 Å². The quantitative estimate of drug-likeness (QED) is 0.586. The average molecular weight is 444 g/mol. The third-order valence-corrected chi connectivity index (χ3v) is 6.25. The summed E-state index contributed by atoms with van der Waals surface area (Å²) in [6, 6.07) is 17.2. The van der Waals surface area contributed by atoms with Gasteiger partial charge in [0.2, 0.25) is 17.7 Å². The van der Waals surface area contributed by atoms with E-state index in [1.807, 2.05) is 61.5 Å². The van der Waals surface area contributed by atoms with Crippen molar-refractivity contribution in [1.29, 1.82) is 0 Å². The average Bonchev–Trinajstić information content (AvgIpc) is 3.33. The first kappa shape index (κ1) is 20.8. The summed E-state index contributed by atoms with van der Waals surface area (Å²) in [7, 11) is 1.27. The number of amides is 1. The number of benzene rings is 2. The van der Waals surface area contributed by atoms with E-state index < -0.39 is 11.4 Å². The second kappa shape index (κ2) is 7.81. The second-order valence-corrected chi connectivity index (χ2v) is 8.11. The van der Waals surface area contributed by atoms with E-state index in [0.717, 1.165) is 17.7 Å². The maximum atomic E-state index is 14.5. The predicted molar refractivity (Wildman–Crippen MR) is 121 cm³/mol. The molecule has 0 unspecified atom stereocenters. The molecule has 3 N–H and O–H groups in total. The number of methoxy groups -OCH3 is 1. The number of para-hydroxylation sites is 1. The molecule has 0 bridgehead atoms. The smallest absolute Gasteiger partial charge is 0.340 e. The summed E-state index contributed by atoms with van der Waals surface area (Å²) in [6.07, 6.45) is 1.43. The molecule has 3 aromatic rings. The minimum absolute atomic E-state index is 0.0238. The van der Waals surface area contributed by atoms with Crippen LogP contribution in [0.4, 0.5) is 5.69 Å². The van der Waals surface area contributed by atoms with Gasteiger partial charge in [0.05, 0.1) is 19.2 Å². The molecule has 2 aliphatic heterocycles. The van der Waals surface area contributed by atoms with E-state index >= 15 is 0 Å². The number of rotatable bonds is 5. The van der Waals surface area contributed by atoms with E-state index in [9.17, 15) is 9.59 Å². The zero-order valence-corrected chi connectivity index (χ0v) is 18.4. The van der Waals surface area contributed by atoms with Crippen LogP contribution in [0.25, 0.3) is 0 Å². The largest absolute Gasteiger partial charge is 0.465 e. The van der Waals surface area contributed by atoms with Crippen LogP contribution in [0.3, 0.4) is 0 Å². The molecule has 1 aromatic heterocycles. The first-order valence-corrected chi connectivity index (χ1v) is 10.8. The van der Waals surface area contributed by atoms with Crippen molar-refractivity contribution in [1.82, 2.24) is 10.2 Å². The lowest BCUT2D eigenvalue weighted by Crippen LogP contribution is -2.48. The molecule has 2 aliphatic rings. The highest BCUT2D eigenvalue weighted by Crippen LogP contribution is 2.56. The van der Waals surface area contributed by atoms with Crippen molar-refractivity contribution in [3.8, 4) is 5.88 Å². The molecular formula is C25H24N4O4. The lowest BCUT2D eigenvalue weighted by molar-refractivity contribution is -0.138. The van der Waals surface area contributed by atoms with Gasteiger partial charge in [-0.2, -0.15) is 0 Å². The summed E-state index contributed by atoms with van der Waals surface area (Å²) in [5.41, 5.74) is 8.28. The van der Waals surface area contributed by atoms with Gasteiger partial charge in [0.25, 0.3) is 0 Å². The zero-order chi connectivity index (χ0) is 23.2. The lowest BCUT2D eigenvalue weighted by atomic mass is 9.68. The van der Waals surface area contributed by atoms with Crippen LogP contribution < -0.4 is 15.4 Å². The molecular weight excluding hydrogens is 420 g/mol. The fourth-order valence-electron chi connectivity index (χ4n) is 4.93. The normalized spacial score (nSPS) is 18.8. The fourth-order valence-corrected chi connectivity index (χ4v) is 4.93. The number of anilines is 1. The van der Waals surface area contributed by atoms with Crippen LogP contribution in [0.2, 0.25) is 0 Å². The number of hydrogen-bond acceptors (Lipinski definition) is 6. The summed E-state index contributed by atoms with van der Waals surface area (Å²) in [5, 5.41) is 7.30. The number of esters is 1. The summed E-state index contributed by atoms with van der Waals surface area (Å²) in [6.45, 7) is 2.37. The van der Waals surface area contributed by atoms with Crippen LogP contribution in [-0.4, -0.2) is 29.2 Å². The Bertz CT molecular complexity index is 1280. The maximum Gasteiger partial charge on any atom is 0.340 e. The molecule has 1 amide bonds. The van der Waals surface area contributed by atoms with Crippen LogP contribution >= 0.6 is 0 Å². The van der Waals surface area contributed by atoms with Gasteiger partial charge in [-0.3, -0.25) is 9.89 Å². The molecule has 1 atom stereocenters. The van der Waals surface area contributed by atoms with Crippen LogP contribution in [0.1, 0.15) is 35.7 Å². The molecule has 168 valence electrons. The molecule has 3 heterocycles. The van der Waals surface area contributed by atoms with Gasteiger partial charge < -0.3 is 20.1 Å². The maximum absolute atomic E-state index is 14.5. The number of nitrogens with zero attached hydrogens (tertiary/aromatic N) is 2. The van der Waals surface area contributed by atoms with Crippen molar-refractivity contribution in [2.24, 2.45) is 5.73 Å². The number of H-pyrrole nitrogens is 1. The van der Waals surface area contributed by atoms with Crippen LogP contribution in [0.5, 0.6) is 5.88 Å². The Morgan fingerprint density at radius 1 is 1.18 bits per heavy atom. The second-order valence-electron chi connectivity index (χ2n) is 8.11. The van der Waals surface area contributed by atoms with Gasteiger partial charge in [0, 0.05) is 16.9 Å². The van der Waals surface area contributed by atoms with Crippen molar-refractivity contribution < 1.29 is 19.1 Å². The predicted octanol–water partition coefficient (Wildman–Crippen LogP) is 2.93. The number of aryl methyl sites for hydroxylation is 1. The molecule has 8 nitrogen and oxygen atoms in total. The summed E-state index contributed by atoms with van der Waals surface area (Å²) in [4.78, 5) is 29.3. The number of carbonyl (C=O) groups is 2. The molecule has 0 radical (unpaired) electrons. The SMILES string of the molecule is CCCc1[nH]nc2c1[C@]1(C(=O)N(Cc3ccccc3)c3ccccc31)C(C(=O)OC)=C(N)O2. The minimum Gasteiger partial charge on any atom is -0.465 e. The molecule has 2 aromatic carbocycles. The number of aromatic nitrogens is 2. The first-order valence-electron chi connectivity index (χ1n) is 10.8. The molecule has 33 heavy (non-hydrogen) atoms. The van der Waals surface area contributed by atoms with Crippen LogP contribution in [0, 0.1) is 0 Å². The van der Waals surface area contributed by atoms with E-state index in [2.05, 4.69) is 10.2 Å². The molecule has 0 aliphatic carbocycles. The van der Waals surface area contributed by atoms with Crippen LogP contribution in [-0.2, 0) is 32.7 Å². The molecule has 8 heteroatoms. The van der Waals surface area contributed by atoms with Gasteiger partial charge in [-0.15, -0.1) is 5.10 Å². The van der Waals surface area contributed by atoms with E-state index in [1.54, 1.807) is 4.90 Å². The van der Waals surface area contributed by atoms with Gasteiger partial charge in [-0.25, -0.2) is 4.79 Å². The van der Waals surface area contributed by atoms with E-state index in [4.69, 9.17) is 15.2 Å². The number of ether oxygens (including phenoxy) is 2. The number of nitrogens with two attached hydrogens (primary N) is 1. The Kier molecular flexibility index (Phi) is 4.92.